The number of nitrogens with zero attached hydrogens (tertiary/aromatic N) is 6. The lowest BCUT2D eigenvalue weighted by atomic mass is 10.2. The van der Waals surface area contributed by atoms with Gasteiger partial charge in [0.2, 0.25) is 5.82 Å². The molecule has 0 spiro atoms. The van der Waals surface area contributed by atoms with Crippen molar-refractivity contribution in [3.8, 4) is 5.75 Å². The molecule has 28 heavy (non-hydrogen) atoms. The molecule has 0 unspecified atom stereocenters. The highest BCUT2D eigenvalue weighted by molar-refractivity contribution is 5.77. The molecule has 3 heterocycles. The van der Waals surface area contributed by atoms with Crippen molar-refractivity contribution in [3.63, 3.8) is 0 Å². The largest absolute Gasteiger partial charge is 0.487 e. The molecule has 0 saturated heterocycles. The molecule has 0 atom stereocenters. The molecule has 0 aliphatic rings. The minimum absolute atomic E-state index is 0.0957. The van der Waals surface area contributed by atoms with E-state index in [0.29, 0.717) is 22.9 Å². The van der Waals surface area contributed by atoms with Gasteiger partial charge in [0.05, 0.1) is 13.2 Å². The van der Waals surface area contributed by atoms with Crippen molar-refractivity contribution >= 4 is 16.8 Å². The Morgan fingerprint density at radius 2 is 2.11 bits per heavy atom. The quantitative estimate of drug-likeness (QED) is 0.279. The molecule has 0 radical (unpaired) electrons. The third-order valence-electron chi connectivity index (χ3n) is 4.12. The predicted molar refractivity (Wildman–Crippen MR) is 95.8 cm³/mol. The fraction of sp³-hybridized carbons (Fsp3) is 0.176. The Kier molecular flexibility index (Phi) is 4.32. The maximum absolute atomic E-state index is 11.3. The standard InChI is InChI=1S/C17H14N6O5/c1-21-15(18-7-16(21)23(25)26)9-22-8-12(19-20-22)10-27-13-4-2-11-3-5-17(24)28-14(11)6-13/h2-8H,9-10H2,1H3. The van der Waals surface area contributed by atoms with Crippen LogP contribution in [0.15, 0.2) is 51.9 Å². The number of ether oxygens (including phenoxy) is 1. The third-order valence-corrected chi connectivity index (χ3v) is 4.12. The normalized spacial score (nSPS) is 11.0. The Morgan fingerprint density at radius 1 is 1.29 bits per heavy atom. The van der Waals surface area contributed by atoms with Gasteiger partial charge in [0, 0.05) is 17.5 Å². The van der Waals surface area contributed by atoms with Crippen LogP contribution >= 0.6 is 0 Å². The molecule has 0 saturated carbocycles. The van der Waals surface area contributed by atoms with Crippen LogP contribution in [0, 0.1) is 10.1 Å². The average Bonchev–Trinajstić information content (AvgIpc) is 3.27. The van der Waals surface area contributed by atoms with Crippen LogP contribution in [-0.4, -0.2) is 29.5 Å². The van der Waals surface area contributed by atoms with Crippen LogP contribution in [0.5, 0.6) is 5.75 Å². The molecule has 142 valence electrons. The van der Waals surface area contributed by atoms with Crippen molar-refractivity contribution < 1.29 is 14.1 Å². The Morgan fingerprint density at radius 3 is 2.89 bits per heavy atom. The van der Waals surface area contributed by atoms with E-state index in [9.17, 15) is 14.9 Å². The van der Waals surface area contributed by atoms with Crippen molar-refractivity contribution in [3.05, 3.63) is 74.8 Å². The van der Waals surface area contributed by atoms with Crippen molar-refractivity contribution in [1.29, 1.82) is 0 Å². The zero-order chi connectivity index (χ0) is 19.7. The molecule has 3 aromatic heterocycles. The Labute approximate surface area is 156 Å². The Bertz CT molecular complexity index is 1220. The molecular weight excluding hydrogens is 368 g/mol. The second kappa shape index (κ2) is 6.95. The summed E-state index contributed by atoms with van der Waals surface area (Å²) in [5.74, 6) is 0.909. The van der Waals surface area contributed by atoms with E-state index in [2.05, 4.69) is 15.3 Å². The van der Waals surface area contributed by atoms with Gasteiger partial charge < -0.3 is 19.3 Å². The summed E-state index contributed by atoms with van der Waals surface area (Å²) in [6.45, 7) is 0.391. The number of aromatic nitrogens is 5. The first-order valence-corrected chi connectivity index (χ1v) is 8.20. The summed E-state index contributed by atoms with van der Waals surface area (Å²) in [6.07, 6.45) is 2.87. The van der Waals surface area contributed by atoms with Gasteiger partial charge in [-0.2, -0.15) is 0 Å². The van der Waals surface area contributed by atoms with Gasteiger partial charge in [-0.1, -0.05) is 5.21 Å². The number of nitro groups is 1. The summed E-state index contributed by atoms with van der Waals surface area (Å²) in [5.41, 5.74) is 0.575. The summed E-state index contributed by atoms with van der Waals surface area (Å²) >= 11 is 0. The van der Waals surface area contributed by atoms with Gasteiger partial charge in [-0.05, 0) is 23.1 Å². The summed E-state index contributed by atoms with van der Waals surface area (Å²) < 4.78 is 13.7. The number of benzene rings is 1. The van der Waals surface area contributed by atoms with Crippen LogP contribution in [0.4, 0.5) is 5.82 Å². The fourth-order valence-corrected chi connectivity index (χ4v) is 2.67. The van der Waals surface area contributed by atoms with E-state index in [0.717, 1.165) is 5.39 Å². The molecule has 4 aromatic rings. The topological polar surface area (TPSA) is 131 Å². The summed E-state index contributed by atoms with van der Waals surface area (Å²) in [7, 11) is 1.57. The zero-order valence-corrected chi connectivity index (χ0v) is 14.7. The highest BCUT2D eigenvalue weighted by atomic mass is 16.6. The molecule has 11 nitrogen and oxygen atoms in total. The maximum Gasteiger partial charge on any atom is 0.342 e. The first-order chi connectivity index (χ1) is 13.5. The second-order valence-electron chi connectivity index (χ2n) is 6.00. The van der Waals surface area contributed by atoms with Gasteiger partial charge in [0.15, 0.2) is 0 Å². The molecule has 0 N–H and O–H groups in total. The van der Waals surface area contributed by atoms with Crippen molar-refractivity contribution in [2.24, 2.45) is 7.05 Å². The molecule has 0 amide bonds. The number of rotatable bonds is 6. The zero-order valence-electron chi connectivity index (χ0n) is 14.7. The van der Waals surface area contributed by atoms with Crippen molar-refractivity contribution in [2.45, 2.75) is 13.2 Å². The van der Waals surface area contributed by atoms with Crippen LogP contribution < -0.4 is 10.4 Å². The van der Waals surface area contributed by atoms with Gasteiger partial charge in [-0.25, -0.2) is 19.0 Å². The minimum Gasteiger partial charge on any atom is -0.487 e. The van der Waals surface area contributed by atoms with E-state index < -0.39 is 10.5 Å². The fourth-order valence-electron chi connectivity index (χ4n) is 2.67. The minimum atomic E-state index is -0.497. The van der Waals surface area contributed by atoms with Crippen molar-refractivity contribution in [1.82, 2.24) is 24.5 Å². The van der Waals surface area contributed by atoms with E-state index in [4.69, 9.17) is 9.15 Å². The third kappa shape index (κ3) is 3.45. The first kappa shape index (κ1) is 17.4. The van der Waals surface area contributed by atoms with E-state index in [1.807, 2.05) is 0 Å². The number of hydrogen-bond donors (Lipinski definition) is 0. The molecule has 1 aromatic carbocycles. The van der Waals surface area contributed by atoms with Gasteiger partial charge in [0.25, 0.3) is 0 Å². The van der Waals surface area contributed by atoms with Crippen LogP contribution in [0.3, 0.4) is 0 Å². The number of hydrogen-bond acceptors (Lipinski definition) is 8. The molecule has 0 aliphatic carbocycles. The average molecular weight is 382 g/mol. The monoisotopic (exact) mass is 382 g/mol. The lowest BCUT2D eigenvalue weighted by molar-refractivity contribution is -0.391. The smallest absolute Gasteiger partial charge is 0.342 e. The van der Waals surface area contributed by atoms with Gasteiger partial charge in [-0.15, -0.1) is 5.10 Å². The summed E-state index contributed by atoms with van der Waals surface area (Å²) in [4.78, 5) is 25.7. The van der Waals surface area contributed by atoms with Crippen LogP contribution in [0.1, 0.15) is 11.5 Å². The lowest BCUT2D eigenvalue weighted by Gasteiger charge is -2.04. The second-order valence-corrected chi connectivity index (χ2v) is 6.00. The molecule has 0 aliphatic heterocycles. The predicted octanol–water partition coefficient (Wildman–Crippen LogP) is 1.65. The molecule has 0 bridgehead atoms. The summed E-state index contributed by atoms with van der Waals surface area (Å²) in [5, 5.41) is 19.7. The Balaban J connectivity index is 1.44. The van der Waals surface area contributed by atoms with Gasteiger partial charge in [0.1, 0.15) is 36.4 Å². The van der Waals surface area contributed by atoms with E-state index in [1.54, 1.807) is 37.5 Å². The number of imidazole rings is 1. The molecule has 11 heteroatoms. The van der Waals surface area contributed by atoms with Gasteiger partial charge in [-0.3, -0.25) is 0 Å². The highest BCUT2D eigenvalue weighted by Crippen LogP contribution is 2.20. The van der Waals surface area contributed by atoms with Crippen LogP contribution in [0.2, 0.25) is 0 Å². The molecule has 0 fully saturated rings. The van der Waals surface area contributed by atoms with Gasteiger partial charge >= 0.3 is 11.4 Å². The highest BCUT2D eigenvalue weighted by Gasteiger charge is 2.17. The Hall–Kier alpha value is -4.02. The van der Waals surface area contributed by atoms with E-state index >= 15 is 0 Å². The maximum atomic E-state index is 11.3. The van der Waals surface area contributed by atoms with Crippen molar-refractivity contribution in [2.75, 3.05) is 0 Å². The van der Waals surface area contributed by atoms with E-state index in [1.165, 1.54) is 21.5 Å². The molecule has 4 rings (SSSR count). The number of fused-ring (bicyclic) bond motifs is 1. The van der Waals surface area contributed by atoms with Crippen LogP contribution in [-0.2, 0) is 20.2 Å². The molecular formula is C17H14N6O5. The van der Waals surface area contributed by atoms with Crippen LogP contribution in [0.25, 0.3) is 11.0 Å². The lowest BCUT2D eigenvalue weighted by Crippen LogP contribution is -2.08. The SMILES string of the molecule is Cn1c([N+](=O)[O-])cnc1Cn1cc(COc2ccc3ccc(=O)oc3c2)nn1. The van der Waals surface area contributed by atoms with E-state index in [-0.39, 0.29) is 19.0 Å². The first-order valence-electron chi connectivity index (χ1n) is 8.20. The summed E-state index contributed by atoms with van der Waals surface area (Å²) in [6, 6.07) is 8.22.